The van der Waals surface area contributed by atoms with Crippen LogP contribution in [0.2, 0.25) is 0 Å². The lowest BCUT2D eigenvalue weighted by Crippen LogP contribution is -2.37. The molecule has 0 aliphatic carbocycles. The molecule has 0 saturated heterocycles. The van der Waals surface area contributed by atoms with Crippen molar-refractivity contribution in [2.75, 3.05) is 20.6 Å². The highest BCUT2D eigenvalue weighted by Gasteiger charge is 2.11. The van der Waals surface area contributed by atoms with E-state index in [-0.39, 0.29) is 24.0 Å². The van der Waals surface area contributed by atoms with E-state index in [0.29, 0.717) is 12.5 Å². The fourth-order valence-corrected chi connectivity index (χ4v) is 2.79. The van der Waals surface area contributed by atoms with Crippen molar-refractivity contribution in [3.8, 4) is 0 Å². The van der Waals surface area contributed by atoms with Gasteiger partial charge in [0.25, 0.3) is 0 Å². The number of guanidine groups is 1. The van der Waals surface area contributed by atoms with Gasteiger partial charge in [-0.1, -0.05) is 18.2 Å². The minimum atomic E-state index is -0.521. The molecule has 1 aromatic carbocycles. The maximum Gasteiger partial charge on any atom is 0.190 e. The number of aliphatic hydroxyl groups is 1. The molecule has 1 aromatic heterocycles. The Kier molecular flexibility index (Phi) is 6.53. The normalized spacial score (nSPS) is 12.9. The number of halogens is 1. The van der Waals surface area contributed by atoms with Crippen molar-refractivity contribution in [1.82, 2.24) is 10.6 Å². The van der Waals surface area contributed by atoms with Crippen molar-refractivity contribution in [2.24, 2.45) is 4.99 Å². The molecule has 1 unspecified atom stereocenters. The Hall–Kier alpha value is -0.860. The maximum atomic E-state index is 10.1. The average Bonchev–Trinajstić information content (AvgIpc) is 2.83. The van der Waals surface area contributed by atoms with E-state index < -0.39 is 6.10 Å². The van der Waals surface area contributed by atoms with Crippen LogP contribution in [0.5, 0.6) is 0 Å². The van der Waals surface area contributed by atoms with E-state index in [1.54, 1.807) is 25.4 Å². The van der Waals surface area contributed by atoms with Gasteiger partial charge >= 0.3 is 0 Å². The van der Waals surface area contributed by atoms with Gasteiger partial charge in [-0.3, -0.25) is 4.99 Å². The average molecular weight is 391 g/mol. The number of aliphatic imine (C=N–C) groups is 1. The van der Waals surface area contributed by atoms with Crippen LogP contribution in [0.4, 0.5) is 0 Å². The zero-order valence-corrected chi connectivity index (χ0v) is 14.0. The summed E-state index contributed by atoms with van der Waals surface area (Å²) >= 11 is 1.62. The van der Waals surface area contributed by atoms with Gasteiger partial charge in [0.2, 0.25) is 0 Å². The van der Waals surface area contributed by atoms with Crippen molar-refractivity contribution in [3.63, 3.8) is 0 Å². The lowest BCUT2D eigenvalue weighted by Gasteiger charge is -2.12. The van der Waals surface area contributed by atoms with Crippen molar-refractivity contribution in [3.05, 3.63) is 35.2 Å². The third-order valence-electron chi connectivity index (χ3n) is 2.70. The molecule has 2 rings (SSSR count). The molecule has 6 heteroatoms. The van der Waals surface area contributed by atoms with E-state index in [9.17, 15) is 5.11 Å². The number of thiophene rings is 1. The number of rotatable bonds is 3. The summed E-state index contributed by atoms with van der Waals surface area (Å²) < 4.78 is 1.20. The first-order valence-electron chi connectivity index (χ1n) is 5.79. The maximum absolute atomic E-state index is 10.1. The predicted octanol–water partition coefficient (Wildman–Crippen LogP) is 2.35. The summed E-state index contributed by atoms with van der Waals surface area (Å²) in [6, 6.07) is 10.2. The van der Waals surface area contributed by atoms with Gasteiger partial charge in [-0.05, 0) is 17.5 Å². The molecule has 0 fully saturated rings. The van der Waals surface area contributed by atoms with Crippen molar-refractivity contribution in [2.45, 2.75) is 6.10 Å². The zero-order valence-electron chi connectivity index (χ0n) is 10.9. The van der Waals surface area contributed by atoms with E-state index in [4.69, 9.17) is 0 Å². The lowest BCUT2D eigenvalue weighted by atomic mass is 10.2. The van der Waals surface area contributed by atoms with Crippen molar-refractivity contribution < 1.29 is 5.11 Å². The molecule has 0 radical (unpaired) electrons. The first-order chi connectivity index (χ1) is 8.74. The molecule has 0 aliphatic heterocycles. The SMILES string of the molecule is CN=C(NC)NCC(O)c1cc2ccccc2s1.I. The fraction of sp³-hybridized carbons (Fsp3) is 0.308. The minimum Gasteiger partial charge on any atom is -0.386 e. The summed E-state index contributed by atoms with van der Waals surface area (Å²) in [6.45, 7) is 0.445. The first kappa shape index (κ1) is 16.2. The molecule has 0 amide bonds. The standard InChI is InChI=1S/C13H17N3OS.HI/c1-14-13(15-2)16-8-10(17)12-7-9-5-3-4-6-11(9)18-12;/h3-7,10,17H,8H2,1-2H3,(H2,14,15,16);1H. The van der Waals surface area contributed by atoms with Gasteiger partial charge in [0.05, 0.1) is 0 Å². The molecule has 0 saturated carbocycles. The number of aliphatic hydroxyl groups excluding tert-OH is 1. The van der Waals surface area contributed by atoms with Crippen LogP contribution in [-0.2, 0) is 0 Å². The molecule has 0 bridgehead atoms. The second-order valence-electron chi connectivity index (χ2n) is 3.91. The van der Waals surface area contributed by atoms with Crippen LogP contribution in [0, 0.1) is 0 Å². The number of nitrogens with zero attached hydrogens (tertiary/aromatic N) is 1. The molecule has 104 valence electrons. The Balaban J connectivity index is 0.00000180. The van der Waals surface area contributed by atoms with Crippen LogP contribution in [-0.4, -0.2) is 31.7 Å². The molecule has 3 N–H and O–H groups in total. The second-order valence-corrected chi connectivity index (χ2v) is 5.02. The Labute approximate surface area is 134 Å². The van der Waals surface area contributed by atoms with E-state index in [1.165, 1.54) is 10.1 Å². The lowest BCUT2D eigenvalue weighted by molar-refractivity contribution is 0.185. The van der Waals surface area contributed by atoms with Crippen molar-refractivity contribution >= 4 is 51.4 Å². The summed E-state index contributed by atoms with van der Waals surface area (Å²) in [6.07, 6.45) is -0.521. The Morgan fingerprint density at radius 1 is 1.42 bits per heavy atom. The highest BCUT2D eigenvalue weighted by Crippen LogP contribution is 2.29. The molecular formula is C13H18IN3OS. The largest absolute Gasteiger partial charge is 0.386 e. The van der Waals surface area contributed by atoms with Crippen LogP contribution in [0.25, 0.3) is 10.1 Å². The summed E-state index contributed by atoms with van der Waals surface area (Å²) in [5.41, 5.74) is 0. The number of benzene rings is 1. The predicted molar refractivity (Wildman–Crippen MR) is 92.6 cm³/mol. The summed E-state index contributed by atoms with van der Waals surface area (Å²) in [5, 5.41) is 17.3. The second kappa shape index (κ2) is 7.66. The molecule has 19 heavy (non-hydrogen) atoms. The smallest absolute Gasteiger partial charge is 0.190 e. The van der Waals surface area contributed by atoms with Crippen LogP contribution in [0.15, 0.2) is 35.3 Å². The Morgan fingerprint density at radius 2 is 2.16 bits per heavy atom. The van der Waals surface area contributed by atoms with E-state index in [2.05, 4.69) is 27.8 Å². The third-order valence-corrected chi connectivity index (χ3v) is 3.91. The third kappa shape index (κ3) is 4.05. The van der Waals surface area contributed by atoms with E-state index in [1.807, 2.05) is 18.2 Å². The number of hydrogen-bond acceptors (Lipinski definition) is 3. The van der Waals surface area contributed by atoms with Crippen molar-refractivity contribution in [1.29, 1.82) is 0 Å². The minimum absolute atomic E-state index is 0. The fourth-order valence-electron chi connectivity index (χ4n) is 1.74. The monoisotopic (exact) mass is 391 g/mol. The van der Waals surface area contributed by atoms with Gasteiger partial charge in [0.15, 0.2) is 5.96 Å². The van der Waals surface area contributed by atoms with E-state index in [0.717, 1.165) is 4.88 Å². The van der Waals surface area contributed by atoms with E-state index >= 15 is 0 Å². The summed E-state index contributed by atoms with van der Waals surface area (Å²) in [5.74, 6) is 0.676. The van der Waals surface area contributed by atoms with Gasteiger partial charge in [-0.15, -0.1) is 35.3 Å². The number of hydrogen-bond donors (Lipinski definition) is 3. The van der Waals surface area contributed by atoms with Crippen LogP contribution in [0.3, 0.4) is 0 Å². The molecule has 0 spiro atoms. The van der Waals surface area contributed by atoms with Crippen LogP contribution < -0.4 is 10.6 Å². The number of fused-ring (bicyclic) bond motifs is 1. The zero-order chi connectivity index (χ0) is 13.0. The molecule has 1 heterocycles. The number of nitrogens with one attached hydrogen (secondary N) is 2. The van der Waals surface area contributed by atoms with Gasteiger partial charge in [-0.2, -0.15) is 0 Å². The quantitative estimate of drug-likeness (QED) is 0.428. The Morgan fingerprint density at radius 3 is 2.79 bits per heavy atom. The van der Waals surface area contributed by atoms with Gasteiger partial charge < -0.3 is 15.7 Å². The highest BCUT2D eigenvalue weighted by atomic mass is 127. The van der Waals surface area contributed by atoms with Gasteiger partial charge in [-0.25, -0.2) is 0 Å². The highest BCUT2D eigenvalue weighted by molar-refractivity contribution is 14.0. The Bertz CT molecular complexity index is 523. The van der Waals surface area contributed by atoms with Crippen LogP contribution in [0.1, 0.15) is 11.0 Å². The van der Waals surface area contributed by atoms with Gasteiger partial charge in [0.1, 0.15) is 6.10 Å². The molecule has 4 nitrogen and oxygen atoms in total. The topological polar surface area (TPSA) is 56.7 Å². The van der Waals surface area contributed by atoms with Crippen LogP contribution >= 0.6 is 35.3 Å². The molecule has 0 aliphatic rings. The van der Waals surface area contributed by atoms with Gasteiger partial charge in [0, 0.05) is 30.2 Å². The molecule has 1 atom stereocenters. The molecule has 2 aromatic rings. The summed E-state index contributed by atoms with van der Waals surface area (Å²) in [7, 11) is 3.49. The molecular weight excluding hydrogens is 373 g/mol. The first-order valence-corrected chi connectivity index (χ1v) is 6.61. The summed E-state index contributed by atoms with van der Waals surface area (Å²) in [4.78, 5) is 4.97.